The number of halogens is 3. The fourth-order valence-corrected chi connectivity index (χ4v) is 5.12. The lowest BCUT2D eigenvalue weighted by Gasteiger charge is -2.42. The van der Waals surface area contributed by atoms with Gasteiger partial charge in [-0.15, -0.1) is 0 Å². The van der Waals surface area contributed by atoms with Gasteiger partial charge in [-0.2, -0.15) is 23.5 Å². The summed E-state index contributed by atoms with van der Waals surface area (Å²) < 4.78 is 41.8. The number of nitrogens with two attached hydrogens (primary N) is 1. The van der Waals surface area contributed by atoms with E-state index in [1.165, 1.54) is 12.1 Å². The lowest BCUT2D eigenvalue weighted by atomic mass is 9.70. The average Bonchev–Trinajstić information content (AvgIpc) is 3.33. The minimum absolute atomic E-state index is 0.193. The van der Waals surface area contributed by atoms with Crippen LogP contribution in [0.2, 0.25) is 0 Å². The van der Waals surface area contributed by atoms with E-state index < -0.39 is 34.5 Å². The summed E-state index contributed by atoms with van der Waals surface area (Å²) in [6, 6.07) is 6.96. The normalized spacial score (nSPS) is 19.9. The van der Waals surface area contributed by atoms with Gasteiger partial charge in [0.05, 0.1) is 23.1 Å². The van der Waals surface area contributed by atoms with Crippen molar-refractivity contribution in [1.29, 1.82) is 5.26 Å². The van der Waals surface area contributed by atoms with E-state index >= 15 is 0 Å². The Balaban J connectivity index is 1.53. The van der Waals surface area contributed by atoms with Crippen LogP contribution in [0.1, 0.15) is 40.2 Å². The highest BCUT2D eigenvalue weighted by molar-refractivity contribution is 5.93. The third-order valence-electron chi connectivity index (χ3n) is 7.16. The molecule has 2 fully saturated rings. The summed E-state index contributed by atoms with van der Waals surface area (Å²) in [6.07, 6.45) is -3.65. The van der Waals surface area contributed by atoms with Crippen LogP contribution in [-0.2, 0) is 18.0 Å². The van der Waals surface area contributed by atoms with E-state index in [2.05, 4.69) is 5.10 Å². The summed E-state index contributed by atoms with van der Waals surface area (Å²) in [4.78, 5) is 28.8. The van der Waals surface area contributed by atoms with Crippen LogP contribution >= 0.6 is 0 Å². The highest BCUT2D eigenvalue weighted by Crippen LogP contribution is 2.46. The molecule has 2 aliphatic heterocycles. The molecule has 2 amide bonds. The van der Waals surface area contributed by atoms with Crippen molar-refractivity contribution in [2.24, 2.45) is 24.1 Å². The van der Waals surface area contributed by atoms with Gasteiger partial charge in [-0.3, -0.25) is 14.3 Å². The minimum Gasteiger partial charge on any atom is -0.371 e. The summed E-state index contributed by atoms with van der Waals surface area (Å²) in [6.45, 7) is 3.17. The Morgan fingerprint density at radius 3 is 2.44 bits per heavy atom. The predicted octanol–water partition coefficient (Wildman–Crippen LogP) is 2.46. The molecule has 180 valence electrons. The molecule has 2 saturated heterocycles. The molecule has 2 aromatic rings. The van der Waals surface area contributed by atoms with Gasteiger partial charge in [0.2, 0.25) is 5.91 Å². The number of nitrogens with zero attached hydrogens (tertiary/aromatic N) is 5. The van der Waals surface area contributed by atoms with Gasteiger partial charge in [0.1, 0.15) is 0 Å². The van der Waals surface area contributed by atoms with Crippen molar-refractivity contribution in [2.45, 2.75) is 25.9 Å². The average molecular weight is 474 g/mol. The Morgan fingerprint density at radius 1 is 1.24 bits per heavy atom. The molecule has 11 heteroatoms. The van der Waals surface area contributed by atoms with Crippen molar-refractivity contribution >= 4 is 17.5 Å². The molecule has 0 radical (unpaired) electrons. The Labute approximate surface area is 194 Å². The highest BCUT2D eigenvalue weighted by Gasteiger charge is 2.52. The molecule has 34 heavy (non-hydrogen) atoms. The van der Waals surface area contributed by atoms with Crippen LogP contribution in [0.4, 0.5) is 18.9 Å². The van der Waals surface area contributed by atoms with Crippen molar-refractivity contribution < 1.29 is 22.8 Å². The van der Waals surface area contributed by atoms with Gasteiger partial charge in [0, 0.05) is 50.0 Å². The number of hydrogen-bond acceptors (Lipinski definition) is 5. The van der Waals surface area contributed by atoms with Gasteiger partial charge in [0.15, 0.2) is 5.69 Å². The minimum atomic E-state index is -4.63. The van der Waals surface area contributed by atoms with Crippen LogP contribution in [-0.4, -0.2) is 52.7 Å². The first-order chi connectivity index (χ1) is 15.9. The van der Waals surface area contributed by atoms with Crippen LogP contribution in [0.15, 0.2) is 24.3 Å². The number of rotatable bonds is 3. The molecule has 0 saturated carbocycles. The predicted molar refractivity (Wildman–Crippen MR) is 117 cm³/mol. The zero-order chi connectivity index (χ0) is 24.8. The van der Waals surface area contributed by atoms with Gasteiger partial charge in [0.25, 0.3) is 5.91 Å². The topological polar surface area (TPSA) is 108 Å². The Kier molecular flexibility index (Phi) is 5.79. The Bertz CT molecular complexity index is 1150. The lowest BCUT2D eigenvalue weighted by molar-refractivity contribution is -0.137. The summed E-state index contributed by atoms with van der Waals surface area (Å²) in [7, 11) is 1.74. The van der Waals surface area contributed by atoms with Crippen molar-refractivity contribution in [3.05, 3.63) is 46.8 Å². The first-order valence-corrected chi connectivity index (χ1v) is 10.9. The molecule has 1 aromatic heterocycles. The first kappa shape index (κ1) is 23.6. The lowest BCUT2D eigenvalue weighted by Crippen LogP contribution is -2.47. The molecule has 0 aliphatic carbocycles. The van der Waals surface area contributed by atoms with E-state index in [4.69, 9.17) is 11.0 Å². The van der Waals surface area contributed by atoms with Crippen LogP contribution < -0.4 is 10.6 Å². The van der Waals surface area contributed by atoms with E-state index in [0.29, 0.717) is 43.9 Å². The van der Waals surface area contributed by atoms with E-state index in [9.17, 15) is 22.8 Å². The number of carbonyl (C=O) groups is 2. The number of carbonyl (C=O) groups excluding carboxylic acids is 2. The molecule has 8 nitrogen and oxygen atoms in total. The van der Waals surface area contributed by atoms with E-state index in [0.717, 1.165) is 11.8 Å². The number of likely N-dealkylation sites (tertiary alicyclic amines) is 1. The number of alkyl halides is 3. The highest BCUT2D eigenvalue weighted by atomic mass is 19.4. The summed E-state index contributed by atoms with van der Waals surface area (Å²) in [5.74, 6) is -1.30. The fourth-order valence-electron chi connectivity index (χ4n) is 5.12. The number of primary amides is 1. The molecule has 1 unspecified atom stereocenters. The summed E-state index contributed by atoms with van der Waals surface area (Å²) in [5.41, 5.74) is 5.28. The second kappa shape index (κ2) is 8.34. The number of benzene rings is 1. The number of aromatic nitrogens is 2. The summed E-state index contributed by atoms with van der Waals surface area (Å²) in [5, 5.41) is 13.3. The van der Waals surface area contributed by atoms with Crippen molar-refractivity contribution in [3.8, 4) is 6.07 Å². The third-order valence-corrected chi connectivity index (χ3v) is 7.16. The van der Waals surface area contributed by atoms with E-state index in [1.54, 1.807) is 28.8 Å². The summed E-state index contributed by atoms with van der Waals surface area (Å²) >= 11 is 0. The number of nitriles is 1. The molecule has 1 spiro atoms. The Morgan fingerprint density at radius 2 is 1.91 bits per heavy atom. The second-order valence-electron chi connectivity index (χ2n) is 9.12. The molecule has 4 rings (SSSR count). The number of anilines is 1. The van der Waals surface area contributed by atoms with Crippen LogP contribution in [0.25, 0.3) is 0 Å². The number of amides is 2. The van der Waals surface area contributed by atoms with Crippen LogP contribution in [0.5, 0.6) is 0 Å². The second-order valence-corrected chi connectivity index (χ2v) is 9.12. The monoisotopic (exact) mass is 474 g/mol. The molecular formula is C23H25F3N6O2. The SMILES string of the molecule is Cc1cc(C(=O)N2CC(C(N)=O)C3(CCN(c4ccc(C#N)c(C(F)(F)F)c4)CC3)C2)nn1C. The molecule has 2 N–H and O–H groups in total. The maximum Gasteiger partial charge on any atom is 0.417 e. The maximum atomic E-state index is 13.4. The number of hydrogen-bond donors (Lipinski definition) is 1. The van der Waals surface area contributed by atoms with Crippen molar-refractivity contribution in [3.63, 3.8) is 0 Å². The van der Waals surface area contributed by atoms with E-state index in [1.807, 2.05) is 11.8 Å². The van der Waals surface area contributed by atoms with Crippen molar-refractivity contribution in [1.82, 2.24) is 14.7 Å². The van der Waals surface area contributed by atoms with Crippen LogP contribution in [0, 0.1) is 29.6 Å². The first-order valence-electron chi connectivity index (χ1n) is 10.9. The smallest absolute Gasteiger partial charge is 0.371 e. The quantitative estimate of drug-likeness (QED) is 0.735. The number of piperidine rings is 1. The molecular weight excluding hydrogens is 449 g/mol. The zero-order valence-corrected chi connectivity index (χ0v) is 18.9. The molecule has 1 atom stereocenters. The van der Waals surface area contributed by atoms with Gasteiger partial charge in [-0.1, -0.05) is 0 Å². The molecule has 1 aromatic carbocycles. The fraction of sp³-hybridized carbons (Fsp3) is 0.478. The Hall–Kier alpha value is -3.55. The van der Waals surface area contributed by atoms with Gasteiger partial charge < -0.3 is 15.5 Å². The van der Waals surface area contributed by atoms with Gasteiger partial charge in [-0.25, -0.2) is 0 Å². The van der Waals surface area contributed by atoms with Crippen molar-refractivity contribution in [2.75, 3.05) is 31.1 Å². The number of aryl methyl sites for hydroxylation is 2. The van der Waals surface area contributed by atoms with E-state index in [-0.39, 0.29) is 12.5 Å². The van der Waals surface area contributed by atoms with Gasteiger partial charge >= 0.3 is 6.18 Å². The standard InChI is InChI=1S/C23H25F3N6O2/c1-14-9-19(29-30(14)2)21(34)32-12-18(20(28)33)22(13-32)5-7-31(8-6-22)16-4-3-15(11-27)17(10-16)23(24,25)26/h3-4,9-10,18H,5-8,12-13H2,1-2H3,(H2,28,33). The van der Waals surface area contributed by atoms with Gasteiger partial charge in [-0.05, 0) is 44.0 Å². The largest absolute Gasteiger partial charge is 0.417 e. The maximum absolute atomic E-state index is 13.4. The molecule has 2 aliphatic rings. The molecule has 3 heterocycles. The van der Waals surface area contributed by atoms with Crippen LogP contribution in [0.3, 0.4) is 0 Å². The zero-order valence-electron chi connectivity index (χ0n) is 18.9. The molecule has 0 bridgehead atoms. The third kappa shape index (κ3) is 4.08.